The maximum Gasteiger partial charge on any atom is 0.228 e. The van der Waals surface area contributed by atoms with Crippen LogP contribution >= 0.6 is 11.3 Å². The van der Waals surface area contributed by atoms with Crippen LogP contribution in [0.2, 0.25) is 0 Å². The highest BCUT2D eigenvalue weighted by Crippen LogP contribution is 2.37. The van der Waals surface area contributed by atoms with E-state index in [4.69, 9.17) is 0 Å². The van der Waals surface area contributed by atoms with Crippen LogP contribution in [0.25, 0.3) is 0 Å². The molecular weight excluding hydrogens is 234 g/mol. The number of carbonyl (C=O) groups excluding carboxylic acids is 1. The molecule has 0 radical (unpaired) electrons. The fraction of sp³-hybridized carbons (Fsp3) is 0.500. The van der Waals surface area contributed by atoms with Gasteiger partial charge in [-0.2, -0.15) is 5.26 Å². The summed E-state index contributed by atoms with van der Waals surface area (Å²) in [6.45, 7) is 1.72. The average molecular weight is 247 g/mol. The monoisotopic (exact) mass is 247 g/mol. The maximum absolute atomic E-state index is 11.7. The Balaban J connectivity index is 1.90. The van der Waals surface area contributed by atoms with E-state index in [-0.39, 0.29) is 11.8 Å². The molecule has 1 aliphatic heterocycles. The standard InChI is InChI=1S/C12H13N3OS/c13-5-9-8-3-4-14-6-10(8)17-12(9)15-11(16)7-1-2-7/h7,14H,1-4,6H2,(H,15,16). The largest absolute Gasteiger partial charge is 0.316 e. The number of nitriles is 1. The number of hydrogen-bond donors (Lipinski definition) is 2. The van der Waals surface area contributed by atoms with Crippen molar-refractivity contribution in [1.29, 1.82) is 5.26 Å². The van der Waals surface area contributed by atoms with Crippen LogP contribution in [0.1, 0.15) is 28.8 Å². The molecule has 2 heterocycles. The second-order valence-corrected chi connectivity index (χ2v) is 5.62. The van der Waals surface area contributed by atoms with Crippen molar-refractivity contribution in [3.05, 3.63) is 16.0 Å². The van der Waals surface area contributed by atoms with Crippen LogP contribution in [0, 0.1) is 17.2 Å². The van der Waals surface area contributed by atoms with Gasteiger partial charge < -0.3 is 10.6 Å². The molecule has 5 heteroatoms. The molecule has 2 aliphatic rings. The third-order valence-electron chi connectivity index (χ3n) is 3.22. The molecule has 1 aromatic heterocycles. The van der Waals surface area contributed by atoms with Crippen LogP contribution in [-0.4, -0.2) is 12.5 Å². The number of thiophene rings is 1. The molecule has 2 N–H and O–H groups in total. The van der Waals surface area contributed by atoms with Crippen molar-refractivity contribution < 1.29 is 4.79 Å². The minimum Gasteiger partial charge on any atom is -0.316 e. The van der Waals surface area contributed by atoms with Crippen molar-refractivity contribution in [2.45, 2.75) is 25.8 Å². The summed E-state index contributed by atoms with van der Waals surface area (Å²) in [5.74, 6) is 0.256. The van der Waals surface area contributed by atoms with E-state index in [0.29, 0.717) is 5.56 Å². The first-order chi connectivity index (χ1) is 8.29. The Kier molecular flexibility index (Phi) is 2.61. The minimum atomic E-state index is 0.0769. The number of anilines is 1. The lowest BCUT2D eigenvalue weighted by molar-refractivity contribution is -0.117. The van der Waals surface area contributed by atoms with E-state index in [2.05, 4.69) is 16.7 Å². The first-order valence-electron chi connectivity index (χ1n) is 5.86. The van der Waals surface area contributed by atoms with E-state index < -0.39 is 0 Å². The van der Waals surface area contributed by atoms with Crippen molar-refractivity contribution in [2.24, 2.45) is 5.92 Å². The van der Waals surface area contributed by atoms with Crippen molar-refractivity contribution in [2.75, 3.05) is 11.9 Å². The summed E-state index contributed by atoms with van der Waals surface area (Å²) in [7, 11) is 0. The zero-order chi connectivity index (χ0) is 11.8. The normalized spacial score (nSPS) is 18.3. The average Bonchev–Trinajstić information content (AvgIpc) is 3.11. The summed E-state index contributed by atoms with van der Waals surface area (Å²) in [5, 5.41) is 16.2. The third kappa shape index (κ3) is 1.94. The van der Waals surface area contributed by atoms with E-state index >= 15 is 0 Å². The van der Waals surface area contributed by atoms with E-state index in [1.807, 2.05) is 0 Å². The van der Waals surface area contributed by atoms with Gasteiger partial charge in [0.25, 0.3) is 0 Å². The van der Waals surface area contributed by atoms with Gasteiger partial charge in [0, 0.05) is 17.3 Å². The van der Waals surface area contributed by atoms with Gasteiger partial charge in [0.2, 0.25) is 5.91 Å². The van der Waals surface area contributed by atoms with E-state index in [0.717, 1.165) is 42.9 Å². The predicted octanol–water partition coefficient (Wildman–Crippen LogP) is 1.61. The quantitative estimate of drug-likeness (QED) is 0.834. The molecule has 1 aliphatic carbocycles. The van der Waals surface area contributed by atoms with Gasteiger partial charge >= 0.3 is 0 Å². The molecular formula is C12H13N3OS. The number of nitrogens with zero attached hydrogens (tertiary/aromatic N) is 1. The molecule has 4 nitrogen and oxygen atoms in total. The van der Waals surface area contributed by atoms with Gasteiger partial charge in [0.1, 0.15) is 11.1 Å². The molecule has 1 fully saturated rings. The van der Waals surface area contributed by atoms with Gasteiger partial charge in [-0.25, -0.2) is 0 Å². The molecule has 1 amide bonds. The summed E-state index contributed by atoms with van der Waals surface area (Å²) >= 11 is 1.54. The SMILES string of the molecule is N#Cc1c(NC(=O)C2CC2)sc2c1CCNC2. The van der Waals surface area contributed by atoms with Crippen LogP contribution in [0.5, 0.6) is 0 Å². The lowest BCUT2D eigenvalue weighted by atomic mass is 10.1. The maximum atomic E-state index is 11.7. The molecule has 0 saturated heterocycles. The highest BCUT2D eigenvalue weighted by atomic mass is 32.1. The molecule has 1 aromatic rings. The molecule has 0 spiro atoms. The van der Waals surface area contributed by atoms with E-state index in [1.54, 1.807) is 11.3 Å². The van der Waals surface area contributed by atoms with Gasteiger partial charge in [-0.15, -0.1) is 11.3 Å². The van der Waals surface area contributed by atoms with Gasteiger partial charge in [-0.05, 0) is 31.4 Å². The fourth-order valence-electron chi connectivity index (χ4n) is 2.10. The number of amides is 1. The van der Waals surface area contributed by atoms with Crippen molar-refractivity contribution >= 4 is 22.2 Å². The molecule has 0 aromatic carbocycles. The summed E-state index contributed by atoms with van der Waals surface area (Å²) in [5.41, 5.74) is 1.81. The Bertz CT molecular complexity index is 511. The lowest BCUT2D eigenvalue weighted by Gasteiger charge is -2.11. The summed E-state index contributed by atoms with van der Waals surface area (Å²) in [6.07, 6.45) is 2.86. The number of fused-ring (bicyclic) bond motifs is 1. The van der Waals surface area contributed by atoms with Gasteiger partial charge in [-0.1, -0.05) is 0 Å². The molecule has 0 atom stereocenters. The number of rotatable bonds is 2. The van der Waals surface area contributed by atoms with Crippen LogP contribution in [0.3, 0.4) is 0 Å². The Morgan fingerprint density at radius 3 is 3.06 bits per heavy atom. The first-order valence-corrected chi connectivity index (χ1v) is 6.67. The molecule has 88 valence electrons. The first kappa shape index (κ1) is 10.8. The van der Waals surface area contributed by atoms with Crippen molar-refractivity contribution in [1.82, 2.24) is 5.32 Å². The Morgan fingerprint density at radius 2 is 2.35 bits per heavy atom. The second kappa shape index (κ2) is 4.13. The Morgan fingerprint density at radius 1 is 1.53 bits per heavy atom. The van der Waals surface area contributed by atoms with E-state index in [1.165, 1.54) is 4.88 Å². The third-order valence-corrected chi connectivity index (χ3v) is 4.37. The van der Waals surface area contributed by atoms with Crippen molar-refractivity contribution in [3.8, 4) is 6.07 Å². The van der Waals surface area contributed by atoms with Crippen LogP contribution in [0.15, 0.2) is 0 Å². The highest BCUT2D eigenvalue weighted by Gasteiger charge is 2.31. The summed E-state index contributed by atoms with van der Waals surface area (Å²) < 4.78 is 0. The fourth-order valence-corrected chi connectivity index (χ4v) is 3.27. The number of carbonyl (C=O) groups is 1. The lowest BCUT2D eigenvalue weighted by Crippen LogP contribution is -2.22. The highest BCUT2D eigenvalue weighted by molar-refractivity contribution is 7.16. The van der Waals surface area contributed by atoms with Crippen LogP contribution in [-0.2, 0) is 17.8 Å². The number of hydrogen-bond acceptors (Lipinski definition) is 4. The zero-order valence-electron chi connectivity index (χ0n) is 9.38. The van der Waals surface area contributed by atoms with E-state index in [9.17, 15) is 10.1 Å². The van der Waals surface area contributed by atoms with Gasteiger partial charge in [-0.3, -0.25) is 4.79 Å². The van der Waals surface area contributed by atoms with Crippen LogP contribution in [0.4, 0.5) is 5.00 Å². The predicted molar refractivity (Wildman–Crippen MR) is 65.8 cm³/mol. The number of nitrogens with one attached hydrogen (secondary N) is 2. The Labute approximate surface area is 104 Å². The topological polar surface area (TPSA) is 64.9 Å². The van der Waals surface area contributed by atoms with Gasteiger partial charge in [0.05, 0.1) is 5.56 Å². The Hall–Kier alpha value is -1.38. The molecule has 1 saturated carbocycles. The summed E-state index contributed by atoms with van der Waals surface area (Å²) in [4.78, 5) is 12.9. The summed E-state index contributed by atoms with van der Waals surface area (Å²) in [6, 6.07) is 2.24. The molecule has 3 rings (SSSR count). The van der Waals surface area contributed by atoms with Gasteiger partial charge in [0.15, 0.2) is 0 Å². The smallest absolute Gasteiger partial charge is 0.228 e. The molecule has 0 unspecified atom stereocenters. The molecule has 17 heavy (non-hydrogen) atoms. The minimum absolute atomic E-state index is 0.0769. The zero-order valence-corrected chi connectivity index (χ0v) is 10.2. The van der Waals surface area contributed by atoms with Crippen molar-refractivity contribution in [3.63, 3.8) is 0 Å². The second-order valence-electron chi connectivity index (χ2n) is 4.51. The molecule has 0 bridgehead atoms. The van der Waals surface area contributed by atoms with Crippen LogP contribution < -0.4 is 10.6 Å².